The molecule has 142 valence electrons. The van der Waals surface area contributed by atoms with E-state index in [1.165, 1.54) is 0 Å². The van der Waals surface area contributed by atoms with Crippen LogP contribution in [-0.4, -0.2) is 14.8 Å². The van der Waals surface area contributed by atoms with Crippen LogP contribution in [0.3, 0.4) is 0 Å². The Morgan fingerprint density at radius 1 is 1.08 bits per heavy atom. The fourth-order valence-electron chi connectivity index (χ4n) is 2.22. The van der Waals surface area contributed by atoms with Gasteiger partial charge in [-0.2, -0.15) is 0 Å². The zero-order chi connectivity index (χ0) is 19.5. The maximum Gasteiger partial charge on any atom is 0.573 e. The van der Waals surface area contributed by atoms with Crippen LogP contribution in [0.1, 0.15) is 24.9 Å². The molecule has 2 aromatic rings. The van der Waals surface area contributed by atoms with E-state index in [9.17, 15) is 30.4 Å². The van der Waals surface area contributed by atoms with Crippen molar-refractivity contribution < 1.29 is 35.1 Å². The summed E-state index contributed by atoms with van der Waals surface area (Å²) in [6.45, 7) is 1.57. The van der Waals surface area contributed by atoms with Gasteiger partial charge in [0.25, 0.3) is 0 Å². The second-order valence-electron chi connectivity index (χ2n) is 5.27. The van der Waals surface area contributed by atoms with Gasteiger partial charge in [-0.1, -0.05) is 6.92 Å². The van der Waals surface area contributed by atoms with E-state index in [0.29, 0.717) is 0 Å². The van der Waals surface area contributed by atoms with Gasteiger partial charge in [0.15, 0.2) is 0 Å². The molecule has 0 spiro atoms. The Bertz CT molecular complexity index is 866. The molecular formula is C16H14F5NO3S. The van der Waals surface area contributed by atoms with E-state index in [-0.39, 0.29) is 16.9 Å². The summed E-state index contributed by atoms with van der Waals surface area (Å²) >= 11 is 0. The SMILES string of the molecule is CC[C@@H](NS(=O)(=O)c1ccc(OC(F)(F)F)cc1)c1cc(F)ccc1F. The minimum Gasteiger partial charge on any atom is -0.406 e. The van der Waals surface area contributed by atoms with Crippen molar-refractivity contribution in [2.45, 2.75) is 30.6 Å². The van der Waals surface area contributed by atoms with Crippen LogP contribution >= 0.6 is 0 Å². The van der Waals surface area contributed by atoms with E-state index in [4.69, 9.17) is 0 Å². The average molecular weight is 395 g/mol. The highest BCUT2D eigenvalue weighted by Gasteiger charge is 2.31. The summed E-state index contributed by atoms with van der Waals surface area (Å²) < 4.78 is 94.2. The molecule has 0 aliphatic carbocycles. The van der Waals surface area contributed by atoms with Gasteiger partial charge in [-0.25, -0.2) is 21.9 Å². The third-order valence-corrected chi connectivity index (χ3v) is 4.89. The topological polar surface area (TPSA) is 55.4 Å². The number of ether oxygens (including phenoxy) is 1. The Kier molecular flexibility index (Phi) is 5.87. The summed E-state index contributed by atoms with van der Waals surface area (Å²) in [5.41, 5.74) is -0.173. The van der Waals surface area contributed by atoms with Crippen LogP contribution in [0.4, 0.5) is 22.0 Å². The van der Waals surface area contributed by atoms with E-state index < -0.39 is 39.8 Å². The second kappa shape index (κ2) is 7.58. The van der Waals surface area contributed by atoms with Crippen molar-refractivity contribution in [3.63, 3.8) is 0 Å². The first kappa shape index (κ1) is 20.1. The molecular weight excluding hydrogens is 381 g/mol. The molecule has 1 atom stereocenters. The zero-order valence-corrected chi connectivity index (χ0v) is 14.2. The predicted octanol–water partition coefficient (Wildman–Crippen LogP) is 4.29. The maximum atomic E-state index is 13.9. The molecule has 0 fully saturated rings. The fraction of sp³-hybridized carbons (Fsp3) is 0.250. The van der Waals surface area contributed by atoms with Crippen LogP contribution in [0.25, 0.3) is 0 Å². The van der Waals surface area contributed by atoms with Crippen LogP contribution in [0.2, 0.25) is 0 Å². The lowest BCUT2D eigenvalue weighted by molar-refractivity contribution is -0.274. The Balaban J connectivity index is 2.25. The number of benzene rings is 2. The Labute approximate surface area is 146 Å². The Morgan fingerprint density at radius 3 is 2.23 bits per heavy atom. The molecule has 1 N–H and O–H groups in total. The molecule has 0 radical (unpaired) electrons. The van der Waals surface area contributed by atoms with Gasteiger partial charge in [-0.05, 0) is 48.9 Å². The fourth-order valence-corrected chi connectivity index (χ4v) is 3.52. The number of halogens is 5. The number of hydrogen-bond donors (Lipinski definition) is 1. The predicted molar refractivity (Wildman–Crippen MR) is 82.8 cm³/mol. The lowest BCUT2D eigenvalue weighted by Gasteiger charge is -2.18. The van der Waals surface area contributed by atoms with E-state index >= 15 is 0 Å². The summed E-state index contributed by atoms with van der Waals surface area (Å²) in [5.74, 6) is -2.10. The van der Waals surface area contributed by atoms with Gasteiger partial charge in [-0.3, -0.25) is 0 Å². The van der Waals surface area contributed by atoms with Crippen molar-refractivity contribution in [1.82, 2.24) is 4.72 Å². The average Bonchev–Trinajstić information content (AvgIpc) is 2.54. The molecule has 0 aliphatic heterocycles. The quantitative estimate of drug-likeness (QED) is 0.743. The minimum atomic E-state index is -4.90. The highest BCUT2D eigenvalue weighted by atomic mass is 32.2. The molecule has 0 saturated carbocycles. The second-order valence-corrected chi connectivity index (χ2v) is 6.98. The number of rotatable bonds is 6. The normalized spacial score (nSPS) is 13.5. The molecule has 2 aromatic carbocycles. The van der Waals surface area contributed by atoms with E-state index in [1.54, 1.807) is 6.92 Å². The van der Waals surface area contributed by atoms with Gasteiger partial charge >= 0.3 is 6.36 Å². The molecule has 2 rings (SSSR count). The van der Waals surface area contributed by atoms with Crippen molar-refractivity contribution in [2.75, 3.05) is 0 Å². The lowest BCUT2D eigenvalue weighted by Crippen LogP contribution is -2.29. The van der Waals surface area contributed by atoms with Crippen molar-refractivity contribution >= 4 is 10.0 Å². The third kappa shape index (κ3) is 5.15. The number of sulfonamides is 1. The van der Waals surface area contributed by atoms with Crippen molar-refractivity contribution in [1.29, 1.82) is 0 Å². The summed E-state index contributed by atoms with van der Waals surface area (Å²) in [6.07, 6.45) is -4.78. The summed E-state index contributed by atoms with van der Waals surface area (Å²) in [7, 11) is -4.19. The molecule has 0 aliphatic rings. The molecule has 0 aromatic heterocycles. The molecule has 0 bridgehead atoms. The van der Waals surface area contributed by atoms with Gasteiger partial charge in [0, 0.05) is 11.6 Å². The summed E-state index contributed by atoms with van der Waals surface area (Å²) in [6, 6.07) is 5.12. The smallest absolute Gasteiger partial charge is 0.406 e. The van der Waals surface area contributed by atoms with Crippen LogP contribution in [0.5, 0.6) is 5.75 Å². The molecule has 0 amide bonds. The minimum absolute atomic E-state index is 0.120. The van der Waals surface area contributed by atoms with Crippen molar-refractivity contribution in [2.24, 2.45) is 0 Å². The molecule has 10 heteroatoms. The number of nitrogens with one attached hydrogen (secondary N) is 1. The van der Waals surface area contributed by atoms with Gasteiger partial charge in [0.2, 0.25) is 10.0 Å². The molecule has 0 unspecified atom stereocenters. The van der Waals surface area contributed by atoms with Crippen LogP contribution < -0.4 is 9.46 Å². The summed E-state index contributed by atoms with van der Waals surface area (Å²) in [5, 5.41) is 0. The molecule has 0 saturated heterocycles. The highest BCUT2D eigenvalue weighted by molar-refractivity contribution is 7.89. The first-order chi connectivity index (χ1) is 12.0. The molecule has 4 nitrogen and oxygen atoms in total. The van der Waals surface area contributed by atoms with Crippen molar-refractivity contribution in [3.05, 3.63) is 59.7 Å². The Hall–Kier alpha value is -2.20. The largest absolute Gasteiger partial charge is 0.573 e. The molecule has 0 heterocycles. The highest BCUT2D eigenvalue weighted by Crippen LogP contribution is 2.26. The number of hydrogen-bond acceptors (Lipinski definition) is 3. The monoisotopic (exact) mass is 395 g/mol. The van der Waals surface area contributed by atoms with E-state index in [0.717, 1.165) is 42.5 Å². The van der Waals surface area contributed by atoms with Gasteiger partial charge in [0.05, 0.1) is 4.90 Å². The first-order valence-corrected chi connectivity index (χ1v) is 8.83. The lowest BCUT2D eigenvalue weighted by atomic mass is 10.1. The van der Waals surface area contributed by atoms with Gasteiger partial charge in [-0.15, -0.1) is 13.2 Å². The van der Waals surface area contributed by atoms with Gasteiger partial charge in [0.1, 0.15) is 17.4 Å². The zero-order valence-electron chi connectivity index (χ0n) is 13.3. The standard InChI is InChI=1S/C16H14F5NO3S/c1-2-15(13-9-10(17)3-8-14(13)18)22-26(23,24)12-6-4-11(5-7-12)25-16(19,20)21/h3-9,15,22H,2H2,1H3/t15-/m1/s1. The first-order valence-electron chi connectivity index (χ1n) is 7.35. The molecule has 26 heavy (non-hydrogen) atoms. The van der Waals surface area contributed by atoms with E-state index in [1.807, 2.05) is 0 Å². The van der Waals surface area contributed by atoms with E-state index in [2.05, 4.69) is 9.46 Å². The summed E-state index contributed by atoms with van der Waals surface area (Å²) in [4.78, 5) is -0.345. The third-order valence-electron chi connectivity index (χ3n) is 3.41. The van der Waals surface area contributed by atoms with Crippen LogP contribution in [-0.2, 0) is 10.0 Å². The van der Waals surface area contributed by atoms with Crippen LogP contribution in [0, 0.1) is 11.6 Å². The van der Waals surface area contributed by atoms with Crippen molar-refractivity contribution in [3.8, 4) is 5.75 Å². The maximum absolute atomic E-state index is 13.9. The Morgan fingerprint density at radius 2 is 1.69 bits per heavy atom. The number of alkyl halides is 3. The van der Waals surface area contributed by atoms with Gasteiger partial charge < -0.3 is 4.74 Å². The van der Waals surface area contributed by atoms with Crippen LogP contribution in [0.15, 0.2) is 47.4 Å².